The Morgan fingerprint density at radius 3 is 1.78 bits per heavy atom. The molecule has 0 bridgehead atoms. The first-order valence-corrected chi connectivity index (χ1v) is 9.53. The van der Waals surface area contributed by atoms with Crippen LogP contribution in [0.15, 0.2) is 102 Å². The Kier molecular flexibility index (Phi) is 6.22. The Bertz CT molecular complexity index is 908. The zero-order valence-corrected chi connectivity index (χ0v) is 16.2. The van der Waals surface area contributed by atoms with Crippen LogP contribution < -0.4 is 5.32 Å². The zero-order chi connectivity index (χ0) is 19.1. The summed E-state index contributed by atoms with van der Waals surface area (Å²) in [4.78, 5) is 4.90. The number of rotatable bonds is 3. The summed E-state index contributed by atoms with van der Waals surface area (Å²) >= 11 is 0. The van der Waals surface area contributed by atoms with Gasteiger partial charge >= 0.3 is 0 Å². The maximum atomic E-state index is 4.90. The molecule has 0 spiro atoms. The van der Waals surface area contributed by atoms with Crippen LogP contribution in [0.5, 0.6) is 0 Å². The van der Waals surface area contributed by atoms with E-state index in [0.29, 0.717) is 0 Å². The molecule has 3 aromatic carbocycles. The molecule has 0 aromatic heterocycles. The molecule has 0 amide bonds. The number of nitrogens with one attached hydrogen (secondary N) is 1. The molecule has 0 saturated heterocycles. The molecular weight excluding hydrogens is 328 g/mol. The lowest BCUT2D eigenvalue weighted by Gasteiger charge is -2.23. The van der Waals surface area contributed by atoms with Crippen molar-refractivity contribution in [2.24, 2.45) is 4.99 Å². The van der Waals surface area contributed by atoms with E-state index in [9.17, 15) is 0 Å². The van der Waals surface area contributed by atoms with E-state index in [1.807, 2.05) is 38.1 Å². The summed E-state index contributed by atoms with van der Waals surface area (Å²) < 4.78 is 0. The molecule has 136 valence electrons. The SMILES string of the molecule is CC.CC1=CC(c2ccccc2)=NC(c2ccc(-c3ccccc3)cc2)N1. The molecule has 4 rings (SSSR count). The number of aliphatic imine (C=N–C) groups is 1. The predicted octanol–water partition coefficient (Wildman–Crippen LogP) is 6.37. The zero-order valence-electron chi connectivity index (χ0n) is 16.2. The van der Waals surface area contributed by atoms with Crippen LogP contribution in [-0.2, 0) is 0 Å². The highest BCUT2D eigenvalue weighted by Gasteiger charge is 2.16. The predicted molar refractivity (Wildman–Crippen MR) is 116 cm³/mol. The Morgan fingerprint density at radius 2 is 1.19 bits per heavy atom. The standard InChI is InChI=1S/C23H20N2.C2H6/c1-17-16-22(20-10-6-3-7-11-20)25-23(24-17)21-14-12-19(13-15-21)18-8-4-2-5-9-18;1-2/h2-16,23-24H,1H3;1-2H3. The minimum Gasteiger partial charge on any atom is -0.364 e. The minimum absolute atomic E-state index is 0.0509. The van der Waals surface area contributed by atoms with Gasteiger partial charge in [-0.15, -0.1) is 0 Å². The first-order valence-electron chi connectivity index (χ1n) is 9.53. The third-order valence-corrected chi connectivity index (χ3v) is 4.39. The summed E-state index contributed by atoms with van der Waals surface area (Å²) in [6, 6.07) is 29.4. The lowest BCUT2D eigenvalue weighted by Crippen LogP contribution is -2.24. The largest absolute Gasteiger partial charge is 0.364 e. The van der Waals surface area contributed by atoms with Gasteiger partial charge in [-0.05, 0) is 35.3 Å². The highest BCUT2D eigenvalue weighted by molar-refractivity contribution is 6.09. The molecular formula is C25H26N2. The van der Waals surface area contributed by atoms with Gasteiger partial charge in [-0.25, -0.2) is 0 Å². The van der Waals surface area contributed by atoms with E-state index in [-0.39, 0.29) is 6.17 Å². The maximum Gasteiger partial charge on any atom is 0.145 e. The van der Waals surface area contributed by atoms with Crippen molar-refractivity contribution >= 4 is 5.71 Å². The molecule has 1 aliphatic heterocycles. The van der Waals surface area contributed by atoms with Crippen molar-refractivity contribution in [2.75, 3.05) is 0 Å². The number of hydrogen-bond donors (Lipinski definition) is 1. The van der Waals surface area contributed by atoms with Gasteiger partial charge in [0.05, 0.1) is 5.71 Å². The molecule has 2 nitrogen and oxygen atoms in total. The fraction of sp³-hybridized carbons (Fsp3) is 0.160. The van der Waals surface area contributed by atoms with Crippen molar-refractivity contribution in [2.45, 2.75) is 26.9 Å². The van der Waals surface area contributed by atoms with Crippen LogP contribution in [-0.4, -0.2) is 5.71 Å². The van der Waals surface area contributed by atoms with Gasteiger partial charge in [0.25, 0.3) is 0 Å². The van der Waals surface area contributed by atoms with E-state index in [2.05, 4.69) is 79.0 Å². The fourth-order valence-corrected chi connectivity index (χ4v) is 3.08. The molecule has 0 radical (unpaired) electrons. The van der Waals surface area contributed by atoms with Crippen molar-refractivity contribution in [3.05, 3.63) is 108 Å². The van der Waals surface area contributed by atoms with Gasteiger partial charge in [0.15, 0.2) is 0 Å². The third-order valence-electron chi connectivity index (χ3n) is 4.39. The molecule has 1 unspecified atom stereocenters. The van der Waals surface area contributed by atoms with E-state index >= 15 is 0 Å². The van der Waals surface area contributed by atoms with Gasteiger partial charge in [-0.1, -0.05) is 98.8 Å². The second-order valence-corrected chi connectivity index (χ2v) is 6.24. The molecule has 0 aliphatic carbocycles. The Hall–Kier alpha value is -3.13. The molecule has 2 heteroatoms. The molecule has 3 aromatic rings. The first kappa shape index (κ1) is 18.7. The van der Waals surface area contributed by atoms with E-state index in [4.69, 9.17) is 4.99 Å². The average molecular weight is 354 g/mol. The summed E-state index contributed by atoms with van der Waals surface area (Å²) in [5, 5.41) is 3.47. The van der Waals surface area contributed by atoms with Crippen LogP contribution >= 0.6 is 0 Å². The lowest BCUT2D eigenvalue weighted by molar-refractivity contribution is 0.620. The van der Waals surface area contributed by atoms with Crippen molar-refractivity contribution in [3.63, 3.8) is 0 Å². The average Bonchev–Trinajstić information content (AvgIpc) is 2.76. The number of benzene rings is 3. The molecule has 0 fully saturated rings. The highest BCUT2D eigenvalue weighted by Crippen LogP contribution is 2.25. The first-order chi connectivity index (χ1) is 13.3. The smallest absolute Gasteiger partial charge is 0.145 e. The Labute approximate surface area is 162 Å². The van der Waals surface area contributed by atoms with E-state index in [1.54, 1.807) is 0 Å². The van der Waals surface area contributed by atoms with E-state index < -0.39 is 0 Å². The normalized spacial score (nSPS) is 15.6. The van der Waals surface area contributed by atoms with Crippen LogP contribution in [0.3, 0.4) is 0 Å². The fourth-order valence-electron chi connectivity index (χ4n) is 3.08. The van der Waals surface area contributed by atoms with Crippen molar-refractivity contribution < 1.29 is 0 Å². The van der Waals surface area contributed by atoms with Crippen LogP contribution in [0.4, 0.5) is 0 Å². The maximum absolute atomic E-state index is 4.90. The summed E-state index contributed by atoms with van der Waals surface area (Å²) in [5.74, 6) is 0. The third kappa shape index (κ3) is 4.53. The second kappa shape index (κ2) is 9.00. The van der Waals surface area contributed by atoms with E-state index in [0.717, 1.165) is 17.0 Å². The molecule has 1 atom stereocenters. The van der Waals surface area contributed by atoms with Crippen LogP contribution in [0.2, 0.25) is 0 Å². The summed E-state index contributed by atoms with van der Waals surface area (Å²) in [5.41, 5.74) is 6.92. The van der Waals surface area contributed by atoms with Crippen LogP contribution in [0, 0.1) is 0 Å². The summed E-state index contributed by atoms with van der Waals surface area (Å²) in [7, 11) is 0. The molecule has 27 heavy (non-hydrogen) atoms. The topological polar surface area (TPSA) is 24.4 Å². The van der Waals surface area contributed by atoms with Crippen LogP contribution in [0.25, 0.3) is 11.1 Å². The van der Waals surface area contributed by atoms with Gasteiger partial charge in [-0.3, -0.25) is 4.99 Å². The monoisotopic (exact) mass is 354 g/mol. The van der Waals surface area contributed by atoms with Gasteiger partial charge in [-0.2, -0.15) is 0 Å². The summed E-state index contributed by atoms with van der Waals surface area (Å²) in [6.07, 6.45) is 2.05. The summed E-state index contributed by atoms with van der Waals surface area (Å²) in [6.45, 7) is 6.09. The molecule has 1 aliphatic rings. The Balaban J connectivity index is 0.00000102. The van der Waals surface area contributed by atoms with Crippen molar-refractivity contribution in [3.8, 4) is 11.1 Å². The van der Waals surface area contributed by atoms with Crippen molar-refractivity contribution in [1.29, 1.82) is 0 Å². The van der Waals surface area contributed by atoms with Gasteiger partial charge in [0.2, 0.25) is 0 Å². The number of hydrogen-bond acceptors (Lipinski definition) is 2. The second-order valence-electron chi connectivity index (χ2n) is 6.24. The van der Waals surface area contributed by atoms with Crippen molar-refractivity contribution in [1.82, 2.24) is 5.32 Å². The molecule has 1 heterocycles. The van der Waals surface area contributed by atoms with Gasteiger partial charge in [0.1, 0.15) is 6.17 Å². The number of allylic oxidation sites excluding steroid dienone is 2. The lowest BCUT2D eigenvalue weighted by atomic mass is 10.0. The van der Waals surface area contributed by atoms with Crippen LogP contribution in [0.1, 0.15) is 38.1 Å². The van der Waals surface area contributed by atoms with Gasteiger partial charge < -0.3 is 5.32 Å². The Morgan fingerprint density at radius 1 is 0.667 bits per heavy atom. The number of nitrogens with zero attached hydrogens (tertiary/aromatic N) is 1. The minimum atomic E-state index is -0.0509. The quantitative estimate of drug-likeness (QED) is 0.580. The highest BCUT2D eigenvalue weighted by atomic mass is 15.1. The molecule has 1 N–H and O–H groups in total. The van der Waals surface area contributed by atoms with Gasteiger partial charge in [0, 0.05) is 5.70 Å². The van der Waals surface area contributed by atoms with E-state index in [1.165, 1.54) is 16.7 Å². The molecule has 0 saturated carbocycles.